The lowest BCUT2D eigenvalue weighted by Gasteiger charge is -2.06. The van der Waals surface area contributed by atoms with Gasteiger partial charge in [-0.15, -0.1) is 0 Å². The minimum absolute atomic E-state index is 0.0489. The van der Waals surface area contributed by atoms with Crippen LogP contribution in [0, 0.1) is 21.4 Å². The zero-order chi connectivity index (χ0) is 14.5. The van der Waals surface area contributed by atoms with Crippen molar-refractivity contribution < 1.29 is 9.66 Å². The van der Waals surface area contributed by atoms with Gasteiger partial charge in [-0.05, 0) is 24.3 Å². The third kappa shape index (κ3) is 3.22. The van der Waals surface area contributed by atoms with E-state index in [4.69, 9.17) is 21.6 Å². The van der Waals surface area contributed by atoms with E-state index in [0.29, 0.717) is 10.8 Å². The van der Waals surface area contributed by atoms with E-state index >= 15 is 0 Å². The molecule has 0 aliphatic heterocycles. The molecule has 0 bridgehead atoms. The topological polar surface area (TPSA) is 89.0 Å². The van der Waals surface area contributed by atoms with E-state index in [2.05, 4.69) is 4.98 Å². The normalized spacial score (nSPS) is 9.80. The summed E-state index contributed by atoms with van der Waals surface area (Å²) in [6.07, 6.45) is 0. The number of nitrogens with zero attached hydrogens (tertiary/aromatic N) is 3. The summed E-state index contributed by atoms with van der Waals surface area (Å²) in [5.74, 6) is 0.0794. The van der Waals surface area contributed by atoms with Crippen molar-refractivity contribution >= 4 is 17.3 Å². The number of aromatic nitrogens is 1. The van der Waals surface area contributed by atoms with Crippen LogP contribution < -0.4 is 4.74 Å². The van der Waals surface area contributed by atoms with Gasteiger partial charge in [0, 0.05) is 6.07 Å². The highest BCUT2D eigenvalue weighted by Gasteiger charge is 2.16. The second kappa shape index (κ2) is 5.99. The molecule has 0 unspecified atom stereocenters. The van der Waals surface area contributed by atoms with E-state index in [1.165, 1.54) is 18.2 Å². The fourth-order valence-electron chi connectivity index (χ4n) is 1.53. The zero-order valence-electron chi connectivity index (χ0n) is 10.1. The molecule has 1 aromatic carbocycles. The van der Waals surface area contributed by atoms with Crippen molar-refractivity contribution in [2.24, 2.45) is 0 Å². The van der Waals surface area contributed by atoms with Crippen molar-refractivity contribution in [3.63, 3.8) is 0 Å². The van der Waals surface area contributed by atoms with Gasteiger partial charge in [-0.1, -0.05) is 17.7 Å². The first-order valence-electron chi connectivity index (χ1n) is 5.53. The third-order valence-electron chi connectivity index (χ3n) is 2.43. The van der Waals surface area contributed by atoms with E-state index in [0.717, 1.165) is 0 Å². The van der Waals surface area contributed by atoms with E-state index < -0.39 is 4.92 Å². The number of nitro benzene ring substituents is 1. The Morgan fingerprint density at radius 1 is 1.40 bits per heavy atom. The van der Waals surface area contributed by atoms with Crippen LogP contribution in [0.25, 0.3) is 0 Å². The average molecular weight is 290 g/mol. The highest BCUT2D eigenvalue weighted by Crippen LogP contribution is 2.28. The second-order valence-corrected chi connectivity index (χ2v) is 4.18. The van der Waals surface area contributed by atoms with Crippen LogP contribution in [-0.2, 0) is 6.61 Å². The molecule has 0 radical (unpaired) electrons. The Bertz CT molecular complexity index is 698. The molecule has 1 heterocycles. The second-order valence-electron chi connectivity index (χ2n) is 3.79. The smallest absolute Gasteiger partial charge is 0.312 e. The van der Waals surface area contributed by atoms with Crippen LogP contribution in [0.3, 0.4) is 0 Å². The number of ether oxygens (including phenoxy) is 1. The summed E-state index contributed by atoms with van der Waals surface area (Å²) in [5, 5.41) is 20.0. The molecule has 0 saturated carbocycles. The van der Waals surface area contributed by atoms with E-state index in [1.807, 2.05) is 6.07 Å². The van der Waals surface area contributed by atoms with Crippen molar-refractivity contribution in [1.82, 2.24) is 4.98 Å². The van der Waals surface area contributed by atoms with Crippen LogP contribution in [-0.4, -0.2) is 9.91 Å². The van der Waals surface area contributed by atoms with Crippen LogP contribution >= 0.6 is 11.6 Å². The Morgan fingerprint density at radius 3 is 2.85 bits per heavy atom. The van der Waals surface area contributed by atoms with Crippen molar-refractivity contribution in [3.8, 4) is 11.8 Å². The van der Waals surface area contributed by atoms with Crippen molar-refractivity contribution in [3.05, 3.63) is 62.9 Å². The van der Waals surface area contributed by atoms with Crippen LogP contribution in [0.2, 0.25) is 5.15 Å². The molecule has 20 heavy (non-hydrogen) atoms. The molecule has 0 amide bonds. The van der Waals surface area contributed by atoms with E-state index in [1.54, 1.807) is 18.2 Å². The fraction of sp³-hybridized carbons (Fsp3) is 0.0769. The Kier molecular flexibility index (Phi) is 4.13. The summed E-state index contributed by atoms with van der Waals surface area (Å²) in [4.78, 5) is 14.4. The summed E-state index contributed by atoms with van der Waals surface area (Å²) in [6.45, 7) is 0.0489. The molecule has 0 saturated heterocycles. The van der Waals surface area contributed by atoms with Crippen LogP contribution in [0.1, 0.15) is 11.3 Å². The lowest BCUT2D eigenvalue weighted by atomic mass is 10.2. The predicted octanol–water partition coefficient (Wildman–Crippen LogP) is 3.09. The number of benzene rings is 1. The Labute approximate surface area is 119 Å². The lowest BCUT2D eigenvalue weighted by Crippen LogP contribution is -2.01. The van der Waals surface area contributed by atoms with Crippen LogP contribution in [0.5, 0.6) is 5.75 Å². The number of hydrogen-bond donors (Lipinski definition) is 0. The maximum Gasteiger partial charge on any atom is 0.312 e. The Balaban J connectivity index is 2.21. The zero-order valence-corrected chi connectivity index (χ0v) is 10.9. The van der Waals surface area contributed by atoms with Gasteiger partial charge in [-0.2, -0.15) is 5.26 Å². The lowest BCUT2D eigenvalue weighted by molar-refractivity contribution is -0.386. The number of nitro groups is 1. The number of nitriles is 1. The minimum atomic E-state index is -0.596. The van der Waals surface area contributed by atoms with Gasteiger partial charge in [0.2, 0.25) is 0 Å². The van der Waals surface area contributed by atoms with Gasteiger partial charge in [0.05, 0.1) is 22.2 Å². The first kappa shape index (κ1) is 13.8. The van der Waals surface area contributed by atoms with Gasteiger partial charge < -0.3 is 4.74 Å². The molecule has 0 aliphatic rings. The summed E-state index contributed by atoms with van der Waals surface area (Å²) in [5.41, 5.74) is 0.493. The monoisotopic (exact) mass is 289 g/mol. The van der Waals surface area contributed by atoms with Gasteiger partial charge in [0.15, 0.2) is 5.75 Å². The SMILES string of the molecule is N#Cc1ccc(OCc2cccc(Cl)n2)c([N+](=O)[O-])c1. The van der Waals surface area contributed by atoms with Gasteiger partial charge in [-0.25, -0.2) is 4.98 Å². The van der Waals surface area contributed by atoms with Gasteiger partial charge >= 0.3 is 5.69 Å². The molecule has 100 valence electrons. The first-order chi connectivity index (χ1) is 9.60. The van der Waals surface area contributed by atoms with Gasteiger partial charge in [0.1, 0.15) is 11.8 Å². The first-order valence-corrected chi connectivity index (χ1v) is 5.90. The number of pyridine rings is 1. The number of rotatable bonds is 4. The number of hydrogen-bond acceptors (Lipinski definition) is 5. The highest BCUT2D eigenvalue weighted by atomic mass is 35.5. The molecule has 0 fully saturated rings. The molecule has 2 aromatic rings. The van der Waals surface area contributed by atoms with Crippen LogP contribution in [0.4, 0.5) is 5.69 Å². The molecule has 0 aliphatic carbocycles. The van der Waals surface area contributed by atoms with Gasteiger partial charge in [0.25, 0.3) is 0 Å². The standard InChI is InChI=1S/C13H8ClN3O3/c14-13-3-1-2-10(16-13)8-20-12-5-4-9(7-15)6-11(12)17(18)19/h1-6H,8H2. The largest absolute Gasteiger partial charge is 0.480 e. The minimum Gasteiger partial charge on any atom is -0.480 e. The number of halogens is 1. The maximum absolute atomic E-state index is 10.9. The average Bonchev–Trinajstić information content (AvgIpc) is 2.45. The molecule has 0 N–H and O–H groups in total. The molecule has 0 spiro atoms. The molecular formula is C13H8ClN3O3. The molecule has 1 aromatic heterocycles. The third-order valence-corrected chi connectivity index (χ3v) is 2.64. The van der Waals surface area contributed by atoms with Crippen molar-refractivity contribution in [2.45, 2.75) is 6.61 Å². The van der Waals surface area contributed by atoms with Crippen LogP contribution in [0.15, 0.2) is 36.4 Å². The van der Waals surface area contributed by atoms with E-state index in [9.17, 15) is 10.1 Å². The predicted molar refractivity (Wildman–Crippen MR) is 71.4 cm³/mol. The summed E-state index contributed by atoms with van der Waals surface area (Å²) >= 11 is 5.74. The van der Waals surface area contributed by atoms with Crippen molar-refractivity contribution in [1.29, 1.82) is 5.26 Å². The molecular weight excluding hydrogens is 282 g/mol. The van der Waals surface area contributed by atoms with Gasteiger partial charge in [-0.3, -0.25) is 10.1 Å². The Morgan fingerprint density at radius 2 is 2.20 bits per heavy atom. The summed E-state index contributed by atoms with van der Waals surface area (Å²) < 4.78 is 5.37. The fourth-order valence-corrected chi connectivity index (χ4v) is 1.72. The summed E-state index contributed by atoms with van der Waals surface area (Å²) in [7, 11) is 0. The Hall–Kier alpha value is -2.65. The van der Waals surface area contributed by atoms with E-state index in [-0.39, 0.29) is 23.6 Å². The summed E-state index contributed by atoms with van der Waals surface area (Å²) in [6, 6.07) is 10.9. The molecule has 6 nitrogen and oxygen atoms in total. The quantitative estimate of drug-likeness (QED) is 0.490. The molecule has 0 atom stereocenters. The maximum atomic E-state index is 10.9. The van der Waals surface area contributed by atoms with Crippen molar-refractivity contribution in [2.75, 3.05) is 0 Å². The highest BCUT2D eigenvalue weighted by molar-refractivity contribution is 6.29. The molecule has 7 heteroatoms. The molecule has 2 rings (SSSR count).